The Morgan fingerprint density at radius 3 is 2.23 bits per heavy atom. The summed E-state index contributed by atoms with van der Waals surface area (Å²) in [4.78, 5) is 23.6. The normalized spacial score (nSPS) is 12.8. The molecule has 1 aromatic rings. The van der Waals surface area contributed by atoms with Crippen molar-refractivity contribution in [1.29, 1.82) is 0 Å². The Morgan fingerprint density at radius 1 is 1.27 bits per heavy atom. The number of hydrogen-bond donors (Lipinski definition) is 0. The van der Waals surface area contributed by atoms with Crippen LogP contribution in [0.3, 0.4) is 0 Å². The first kappa shape index (κ1) is 22.2. The van der Waals surface area contributed by atoms with Gasteiger partial charge in [-0.25, -0.2) is 13.2 Å². The van der Waals surface area contributed by atoms with Gasteiger partial charge in [0.1, 0.15) is 18.2 Å². The first-order valence-electron chi connectivity index (χ1n) is 7.67. The summed E-state index contributed by atoms with van der Waals surface area (Å²) >= 11 is 3.23. The number of carbonyl (C=O) groups is 2. The third-order valence-electron chi connectivity index (χ3n) is 2.97. The lowest BCUT2D eigenvalue weighted by atomic mass is 10.2. The number of hydrogen-bond acceptors (Lipinski definition) is 6. The molecule has 0 fully saturated rings. The molecule has 0 N–H and O–H groups in total. The lowest BCUT2D eigenvalue weighted by molar-refractivity contribution is -0.141. The molecule has 1 rings (SSSR count). The number of carbonyl (C=O) groups excluding carboxylic acids is 2. The molecule has 0 aliphatic carbocycles. The van der Waals surface area contributed by atoms with Crippen molar-refractivity contribution in [2.75, 3.05) is 6.61 Å². The number of esters is 1. The molecule has 0 heterocycles. The zero-order chi connectivity index (χ0) is 20.1. The Kier molecular flexibility index (Phi) is 7.40. The van der Waals surface area contributed by atoms with Gasteiger partial charge in [0.2, 0.25) is 0 Å². The van der Waals surface area contributed by atoms with E-state index in [1.54, 1.807) is 20.8 Å². The van der Waals surface area contributed by atoms with Crippen molar-refractivity contribution in [3.05, 3.63) is 41.4 Å². The van der Waals surface area contributed by atoms with E-state index in [9.17, 15) is 18.0 Å². The van der Waals surface area contributed by atoms with Crippen LogP contribution in [0.4, 0.5) is 4.79 Å². The average molecular weight is 448 g/mol. The van der Waals surface area contributed by atoms with E-state index in [1.165, 1.54) is 37.3 Å². The monoisotopic (exact) mass is 447 g/mol. The molecule has 1 atom stereocenters. The number of nitrogens with zero attached hydrogens (tertiary/aromatic N) is 1. The predicted octanol–water partition coefficient (Wildman–Crippen LogP) is 3.49. The summed E-state index contributed by atoms with van der Waals surface area (Å²) in [5, 5.41) is 0. The fourth-order valence-corrected chi connectivity index (χ4v) is 3.58. The van der Waals surface area contributed by atoms with Gasteiger partial charge in [-0.2, -0.15) is 4.31 Å². The number of sulfonamides is 1. The molecule has 0 unspecified atom stereocenters. The summed E-state index contributed by atoms with van der Waals surface area (Å²) in [5.41, 5.74) is -0.919. The van der Waals surface area contributed by atoms with Crippen LogP contribution in [0, 0.1) is 0 Å². The van der Waals surface area contributed by atoms with Gasteiger partial charge in [0.25, 0.3) is 10.0 Å². The van der Waals surface area contributed by atoms with Crippen LogP contribution in [0.1, 0.15) is 27.7 Å². The first-order chi connectivity index (χ1) is 11.9. The summed E-state index contributed by atoms with van der Waals surface area (Å²) in [7, 11) is -4.27. The number of rotatable bonds is 6. The smallest absolute Gasteiger partial charge is 0.425 e. The van der Waals surface area contributed by atoms with Crippen molar-refractivity contribution in [2.45, 2.75) is 44.2 Å². The highest BCUT2D eigenvalue weighted by molar-refractivity contribution is 9.10. The Labute approximate surface area is 162 Å². The minimum atomic E-state index is -4.27. The van der Waals surface area contributed by atoms with Gasteiger partial charge in [0.15, 0.2) is 0 Å². The zero-order valence-electron chi connectivity index (χ0n) is 15.1. The molecule has 0 aromatic heterocycles. The average Bonchev–Trinajstić information content (AvgIpc) is 2.49. The SMILES string of the molecule is C=C[C@@H](COC(C)=O)N(C(=O)OC(C)(C)C)S(=O)(=O)c1ccc(Br)cc1. The highest BCUT2D eigenvalue weighted by Crippen LogP contribution is 2.24. The molecule has 0 radical (unpaired) electrons. The maximum Gasteiger partial charge on any atom is 0.425 e. The summed E-state index contributed by atoms with van der Waals surface area (Å²) in [6.45, 7) is 9.21. The zero-order valence-corrected chi connectivity index (χ0v) is 17.5. The fraction of sp³-hybridized carbons (Fsp3) is 0.412. The van der Waals surface area contributed by atoms with Crippen LogP contribution in [0.2, 0.25) is 0 Å². The van der Waals surface area contributed by atoms with Crippen LogP contribution < -0.4 is 0 Å². The highest BCUT2D eigenvalue weighted by Gasteiger charge is 2.38. The summed E-state index contributed by atoms with van der Waals surface area (Å²) in [6.07, 6.45) is 0.126. The van der Waals surface area contributed by atoms with Crippen LogP contribution in [0.15, 0.2) is 46.3 Å². The molecule has 0 aliphatic rings. The topological polar surface area (TPSA) is 90.0 Å². The van der Waals surface area contributed by atoms with Gasteiger partial charge >= 0.3 is 12.1 Å². The molecule has 1 aromatic carbocycles. The quantitative estimate of drug-likeness (QED) is 0.489. The third kappa shape index (κ3) is 6.14. The molecule has 26 heavy (non-hydrogen) atoms. The van der Waals surface area contributed by atoms with Crippen molar-refractivity contribution >= 4 is 38.0 Å². The Balaban J connectivity index is 3.37. The summed E-state index contributed by atoms with van der Waals surface area (Å²) in [6, 6.07) is 4.65. The molecule has 1 amide bonds. The van der Waals surface area contributed by atoms with Gasteiger partial charge < -0.3 is 9.47 Å². The number of ether oxygens (including phenoxy) is 2. The van der Waals surface area contributed by atoms with Gasteiger partial charge in [-0.3, -0.25) is 4.79 Å². The van der Waals surface area contributed by atoms with Crippen LogP contribution >= 0.6 is 15.9 Å². The van der Waals surface area contributed by atoms with Gasteiger partial charge in [-0.1, -0.05) is 22.0 Å². The molecular formula is C17H22BrNO6S. The van der Waals surface area contributed by atoms with Crippen molar-refractivity contribution in [3.63, 3.8) is 0 Å². The van der Waals surface area contributed by atoms with E-state index >= 15 is 0 Å². The third-order valence-corrected chi connectivity index (χ3v) is 5.31. The standard InChI is InChI=1S/C17H22BrNO6S/c1-6-14(11-24-12(2)20)19(16(21)25-17(3,4)5)26(22,23)15-9-7-13(18)8-10-15/h6-10,14H,1,11H2,2-5H3/t14-/m0/s1. The second-order valence-electron chi connectivity index (χ2n) is 6.34. The molecule has 9 heteroatoms. The van der Waals surface area contributed by atoms with Crippen LogP contribution in [0.5, 0.6) is 0 Å². The largest absolute Gasteiger partial charge is 0.463 e. The van der Waals surface area contributed by atoms with Crippen LogP contribution in [0.25, 0.3) is 0 Å². The molecular weight excluding hydrogens is 426 g/mol. The Morgan fingerprint density at radius 2 is 1.81 bits per heavy atom. The molecule has 7 nitrogen and oxygen atoms in total. The molecule has 0 bridgehead atoms. The van der Waals surface area contributed by atoms with E-state index in [1.807, 2.05) is 0 Å². The lowest BCUT2D eigenvalue weighted by Crippen LogP contribution is -2.48. The Hall–Kier alpha value is -1.87. The molecule has 0 saturated heterocycles. The molecule has 0 saturated carbocycles. The molecule has 0 aliphatic heterocycles. The summed E-state index contributed by atoms with van der Waals surface area (Å²) in [5.74, 6) is -0.609. The van der Waals surface area contributed by atoms with E-state index in [4.69, 9.17) is 9.47 Å². The van der Waals surface area contributed by atoms with E-state index in [-0.39, 0.29) is 11.5 Å². The highest BCUT2D eigenvalue weighted by atomic mass is 79.9. The second kappa shape index (κ2) is 8.68. The van der Waals surface area contributed by atoms with Crippen molar-refractivity contribution in [1.82, 2.24) is 4.31 Å². The fourth-order valence-electron chi connectivity index (χ4n) is 1.87. The molecule has 0 spiro atoms. The Bertz CT molecular complexity index is 767. The maximum atomic E-state index is 13.0. The maximum absolute atomic E-state index is 13.0. The summed E-state index contributed by atoms with van der Waals surface area (Å²) < 4.78 is 37.4. The minimum Gasteiger partial charge on any atom is -0.463 e. The van der Waals surface area contributed by atoms with Gasteiger partial charge in [-0.15, -0.1) is 6.58 Å². The van der Waals surface area contributed by atoms with E-state index < -0.39 is 33.7 Å². The van der Waals surface area contributed by atoms with Gasteiger partial charge in [0, 0.05) is 11.4 Å². The number of halogens is 1. The van der Waals surface area contributed by atoms with Crippen LogP contribution in [-0.4, -0.2) is 43.0 Å². The lowest BCUT2D eigenvalue weighted by Gasteiger charge is -2.31. The molecule has 144 valence electrons. The van der Waals surface area contributed by atoms with Crippen molar-refractivity contribution < 1.29 is 27.5 Å². The number of amides is 1. The van der Waals surface area contributed by atoms with Crippen molar-refractivity contribution in [2.24, 2.45) is 0 Å². The first-order valence-corrected chi connectivity index (χ1v) is 9.90. The number of benzene rings is 1. The van der Waals surface area contributed by atoms with Gasteiger partial charge in [-0.05, 0) is 45.0 Å². The van der Waals surface area contributed by atoms with E-state index in [2.05, 4.69) is 22.5 Å². The van der Waals surface area contributed by atoms with E-state index in [0.717, 1.165) is 0 Å². The van der Waals surface area contributed by atoms with Crippen molar-refractivity contribution in [3.8, 4) is 0 Å². The van der Waals surface area contributed by atoms with Crippen LogP contribution in [-0.2, 0) is 24.3 Å². The second-order valence-corrected chi connectivity index (χ2v) is 9.07. The van der Waals surface area contributed by atoms with Gasteiger partial charge in [0.05, 0.1) is 4.90 Å². The predicted molar refractivity (Wildman–Crippen MR) is 100 cm³/mol. The minimum absolute atomic E-state index is 0.110. The van der Waals surface area contributed by atoms with E-state index in [0.29, 0.717) is 8.78 Å².